The van der Waals surface area contributed by atoms with E-state index in [2.05, 4.69) is 20.9 Å². The largest absolute Gasteiger partial charge is 0.397 e. The summed E-state index contributed by atoms with van der Waals surface area (Å²) in [5.74, 6) is 0. The zero-order valence-electron chi connectivity index (χ0n) is 9.40. The van der Waals surface area contributed by atoms with Gasteiger partial charge in [-0.05, 0) is 28.8 Å². The summed E-state index contributed by atoms with van der Waals surface area (Å²) in [5.41, 5.74) is 4.96. The molecule has 0 bridgehead atoms. The van der Waals surface area contributed by atoms with Crippen LogP contribution >= 0.6 is 15.9 Å². The molecule has 0 saturated heterocycles. The fourth-order valence-electron chi connectivity index (χ4n) is 0.364. The Labute approximate surface area is 69.2 Å². The molecule has 0 atom stereocenters. The average Bonchev–Trinajstić information content (AvgIpc) is 2.06. The van der Waals surface area contributed by atoms with Crippen molar-refractivity contribution >= 4 is 21.6 Å². The van der Waals surface area contributed by atoms with E-state index in [9.17, 15) is 0 Å². The van der Waals surface area contributed by atoms with E-state index in [0.717, 1.165) is 0 Å². The summed E-state index contributed by atoms with van der Waals surface area (Å²) < 4.78 is 36.1. The Hall–Kier alpha value is -0.570. The molecule has 0 radical (unpaired) electrons. The van der Waals surface area contributed by atoms with E-state index >= 15 is 0 Å². The summed E-state index contributed by atoms with van der Waals surface area (Å²) in [5, 5.41) is 0. The lowest BCUT2D eigenvalue weighted by atomic mass is 10.3. The van der Waals surface area contributed by atoms with Crippen molar-refractivity contribution in [1.82, 2.24) is 4.98 Å². The van der Waals surface area contributed by atoms with Crippen LogP contribution in [0.25, 0.3) is 0 Å². The van der Waals surface area contributed by atoms with Gasteiger partial charge >= 0.3 is 0 Å². The average molecular weight is 192 g/mol. The van der Waals surface area contributed by atoms with Gasteiger partial charge in [0.15, 0.2) is 0 Å². The number of nitrogens with zero attached hydrogens (tertiary/aromatic N) is 1. The number of anilines is 1. The highest BCUT2D eigenvalue weighted by Gasteiger charge is 1.92. The number of halogens is 1. The molecule has 2 N–H and O–H groups in total. The predicted octanol–water partition coefficient (Wildman–Crippen LogP) is 1.73. The number of hydrogen-bond acceptors (Lipinski definition) is 2. The molecule has 0 aliphatic heterocycles. The molecule has 0 aliphatic carbocycles. The van der Waals surface area contributed by atoms with Crippen molar-refractivity contribution in [3.8, 4) is 0 Å². The van der Waals surface area contributed by atoms with Crippen LogP contribution in [-0.4, -0.2) is 4.98 Å². The molecule has 9 heavy (non-hydrogen) atoms. The molecule has 1 aromatic heterocycles. The first-order chi connectivity index (χ1) is 6.25. The number of hydrogen-bond donors (Lipinski definition) is 1. The smallest absolute Gasteiger partial charge is 0.0863 e. The maximum atomic E-state index is 7.46. The Morgan fingerprint density at radius 2 is 2.78 bits per heavy atom. The number of nitrogens with two attached hydrogens (primary N) is 1. The second-order valence-corrected chi connectivity index (χ2v) is 2.22. The maximum absolute atomic E-state index is 7.46. The van der Waals surface area contributed by atoms with Gasteiger partial charge in [-0.3, -0.25) is 4.98 Å². The van der Waals surface area contributed by atoms with Crippen LogP contribution in [0.3, 0.4) is 0 Å². The van der Waals surface area contributed by atoms with Crippen LogP contribution in [0.15, 0.2) is 16.7 Å². The second kappa shape index (κ2) is 2.35. The summed E-state index contributed by atoms with van der Waals surface area (Å²) in [7, 11) is 0. The maximum Gasteiger partial charge on any atom is 0.0863 e. The SMILES string of the molecule is [2H]c1nc(C([2H])([2H])[2H])c([2H])c(Br)c1N. The first-order valence-corrected chi connectivity index (χ1v) is 2.97. The van der Waals surface area contributed by atoms with Crippen LogP contribution in [0.5, 0.6) is 0 Å². The van der Waals surface area contributed by atoms with Crippen molar-refractivity contribution < 1.29 is 6.85 Å². The number of pyridine rings is 1. The van der Waals surface area contributed by atoms with Crippen molar-refractivity contribution in [2.75, 3.05) is 5.73 Å². The number of rotatable bonds is 0. The number of aryl methyl sites for hydroxylation is 1. The lowest BCUT2D eigenvalue weighted by Crippen LogP contribution is -1.88. The minimum Gasteiger partial charge on any atom is -0.397 e. The summed E-state index contributed by atoms with van der Waals surface area (Å²) in [6.07, 6.45) is -0.334. The zero-order chi connectivity index (χ0) is 11.1. The molecule has 2 nitrogen and oxygen atoms in total. The summed E-state index contributed by atoms with van der Waals surface area (Å²) in [4.78, 5) is 3.47. The molecule has 0 spiro atoms. The fourth-order valence-corrected chi connectivity index (χ4v) is 0.641. The minimum absolute atomic E-state index is 0.0250. The normalized spacial score (nSPS) is 19.0. The highest BCUT2D eigenvalue weighted by molar-refractivity contribution is 9.10. The molecule has 0 aliphatic rings. The van der Waals surface area contributed by atoms with E-state index in [-0.39, 0.29) is 22.4 Å². The van der Waals surface area contributed by atoms with Gasteiger partial charge in [0.1, 0.15) is 0 Å². The van der Waals surface area contributed by atoms with Gasteiger partial charge in [-0.15, -0.1) is 0 Å². The van der Waals surface area contributed by atoms with Gasteiger partial charge in [-0.1, -0.05) is 0 Å². The first-order valence-electron chi connectivity index (χ1n) is 4.67. The molecule has 1 heterocycles. The second-order valence-electron chi connectivity index (χ2n) is 1.42. The van der Waals surface area contributed by atoms with E-state index < -0.39 is 12.5 Å². The third-order valence-electron chi connectivity index (χ3n) is 0.753. The standard InChI is InChI=1S/C6H7BrN2/c1-4-2-5(7)6(8)3-9-4/h2-3H,8H2,1H3/i1D3,2D,3D. The number of aromatic nitrogens is 1. The Morgan fingerprint density at radius 1 is 2.00 bits per heavy atom. The number of nitrogen functional groups attached to an aromatic ring is 1. The van der Waals surface area contributed by atoms with E-state index in [1.807, 2.05) is 0 Å². The molecule has 3 heteroatoms. The molecule has 48 valence electrons. The highest BCUT2D eigenvalue weighted by Crippen LogP contribution is 2.17. The van der Waals surface area contributed by atoms with Crippen LogP contribution in [0.1, 0.15) is 12.5 Å². The van der Waals surface area contributed by atoms with Crippen molar-refractivity contribution in [3.63, 3.8) is 0 Å². The minimum atomic E-state index is -2.50. The van der Waals surface area contributed by atoms with Gasteiger partial charge in [0.25, 0.3) is 0 Å². The molecule has 0 fully saturated rings. The van der Waals surface area contributed by atoms with Crippen molar-refractivity contribution in [2.45, 2.75) is 6.85 Å². The van der Waals surface area contributed by atoms with Gasteiger partial charge < -0.3 is 5.73 Å². The predicted molar refractivity (Wildman–Crippen MR) is 41.1 cm³/mol. The lowest BCUT2D eigenvalue weighted by molar-refractivity contribution is 1.20. The van der Waals surface area contributed by atoms with Gasteiger partial charge in [-0.2, -0.15) is 0 Å². The summed E-state index contributed by atoms with van der Waals surface area (Å²) in [6, 6.07) is -0.293. The molecule has 1 aromatic rings. The van der Waals surface area contributed by atoms with E-state index in [1.54, 1.807) is 0 Å². The summed E-state index contributed by atoms with van der Waals surface area (Å²) in [6.45, 7) is -2.50. The lowest BCUT2D eigenvalue weighted by Gasteiger charge is -1.95. The Bertz CT molecular complexity index is 375. The Morgan fingerprint density at radius 3 is 3.44 bits per heavy atom. The van der Waals surface area contributed by atoms with Crippen molar-refractivity contribution in [2.24, 2.45) is 0 Å². The zero-order valence-corrected chi connectivity index (χ0v) is 5.99. The monoisotopic (exact) mass is 191 g/mol. The molecule has 0 saturated carbocycles. The van der Waals surface area contributed by atoms with Crippen molar-refractivity contribution in [3.05, 3.63) is 22.4 Å². The van der Waals surface area contributed by atoms with Crippen LogP contribution in [0.2, 0.25) is 0 Å². The van der Waals surface area contributed by atoms with Crippen LogP contribution in [-0.2, 0) is 0 Å². The molecule has 0 unspecified atom stereocenters. The van der Waals surface area contributed by atoms with Gasteiger partial charge in [-0.25, -0.2) is 0 Å². The van der Waals surface area contributed by atoms with E-state index in [1.165, 1.54) is 0 Å². The van der Waals surface area contributed by atoms with Crippen LogP contribution in [0, 0.1) is 6.85 Å². The van der Waals surface area contributed by atoms with Crippen molar-refractivity contribution in [1.29, 1.82) is 0 Å². The topological polar surface area (TPSA) is 38.9 Å². The van der Waals surface area contributed by atoms with Gasteiger partial charge in [0.05, 0.1) is 14.6 Å². The van der Waals surface area contributed by atoms with Gasteiger partial charge in [0, 0.05) is 14.3 Å². The molecule has 0 amide bonds. The molecule has 1 rings (SSSR count). The molecular formula is C6H7BrN2. The van der Waals surface area contributed by atoms with E-state index in [0.29, 0.717) is 0 Å². The summed E-state index contributed by atoms with van der Waals surface area (Å²) >= 11 is 2.95. The van der Waals surface area contributed by atoms with Gasteiger partial charge in [0.2, 0.25) is 0 Å². The molecule has 0 aromatic carbocycles. The quantitative estimate of drug-likeness (QED) is 0.679. The fraction of sp³-hybridized carbons (Fsp3) is 0.167. The Balaban J connectivity index is 3.49. The molecular weight excluding hydrogens is 180 g/mol. The Kier molecular flexibility index (Phi) is 0.674. The third-order valence-corrected chi connectivity index (χ3v) is 1.38. The highest BCUT2D eigenvalue weighted by atomic mass is 79.9. The van der Waals surface area contributed by atoms with E-state index in [4.69, 9.17) is 12.6 Å². The van der Waals surface area contributed by atoms with Crippen LogP contribution < -0.4 is 5.73 Å². The third kappa shape index (κ3) is 1.42. The van der Waals surface area contributed by atoms with Crippen LogP contribution in [0.4, 0.5) is 5.69 Å². The first kappa shape index (κ1) is 2.58.